The first-order chi connectivity index (χ1) is 16.9. The van der Waals surface area contributed by atoms with Gasteiger partial charge in [0, 0.05) is 17.6 Å². The number of aliphatic hydroxyl groups excluding tert-OH is 1. The van der Waals surface area contributed by atoms with Gasteiger partial charge in [-0.2, -0.15) is 0 Å². The second-order valence-electron chi connectivity index (χ2n) is 8.50. The van der Waals surface area contributed by atoms with Crippen LogP contribution in [0.15, 0.2) is 42.5 Å². The number of nitrogens with one attached hydrogen (secondary N) is 1. The van der Waals surface area contributed by atoms with Crippen LogP contribution in [-0.2, 0) is 14.3 Å². The summed E-state index contributed by atoms with van der Waals surface area (Å²) < 4.78 is 15.8. The standard InChI is InChI=1S/C26H32ClNO7/c1-2-33-26(32)16-35-24-13-18(9-10-23(24)34-15-25(30)31)17-5-4-8-21(12-17)28-14-22(29)19-6-3-7-20(27)11-19/h3,6-7,9-11,13,17,21-22,28-29H,2,4-5,8,12,14-16H2,1H3,(H,30,31)/p-1. The van der Waals surface area contributed by atoms with Gasteiger partial charge < -0.3 is 34.5 Å². The highest BCUT2D eigenvalue weighted by atomic mass is 35.5. The first-order valence-corrected chi connectivity index (χ1v) is 12.2. The Hall–Kier alpha value is -2.81. The number of benzene rings is 2. The molecule has 2 aromatic carbocycles. The van der Waals surface area contributed by atoms with Crippen molar-refractivity contribution < 1.29 is 34.0 Å². The highest BCUT2D eigenvalue weighted by Gasteiger charge is 2.25. The first-order valence-electron chi connectivity index (χ1n) is 11.8. The van der Waals surface area contributed by atoms with Gasteiger partial charge in [-0.15, -0.1) is 0 Å². The van der Waals surface area contributed by atoms with E-state index in [4.69, 9.17) is 25.8 Å². The number of rotatable bonds is 12. The summed E-state index contributed by atoms with van der Waals surface area (Å²) in [5.41, 5.74) is 1.78. The molecule has 0 saturated heterocycles. The van der Waals surface area contributed by atoms with E-state index in [1.807, 2.05) is 18.2 Å². The van der Waals surface area contributed by atoms with E-state index >= 15 is 0 Å². The maximum absolute atomic E-state index is 11.7. The third kappa shape index (κ3) is 8.42. The summed E-state index contributed by atoms with van der Waals surface area (Å²) >= 11 is 6.03. The fourth-order valence-electron chi connectivity index (χ4n) is 4.27. The molecule has 190 valence electrons. The van der Waals surface area contributed by atoms with Crippen molar-refractivity contribution in [3.63, 3.8) is 0 Å². The minimum atomic E-state index is -1.36. The zero-order valence-corrected chi connectivity index (χ0v) is 20.5. The van der Waals surface area contributed by atoms with Gasteiger partial charge in [0.15, 0.2) is 18.1 Å². The largest absolute Gasteiger partial charge is 0.546 e. The average molecular weight is 505 g/mol. The molecule has 9 heteroatoms. The van der Waals surface area contributed by atoms with Gasteiger partial charge in [0.2, 0.25) is 0 Å². The topological polar surface area (TPSA) is 117 Å². The fraction of sp³-hybridized carbons (Fsp3) is 0.462. The SMILES string of the molecule is CCOC(=O)COc1cc(C2CCCC(NCC(O)c3cccc(Cl)c3)C2)ccc1OCC(=O)[O-]. The normalized spacial score (nSPS) is 18.5. The van der Waals surface area contributed by atoms with Gasteiger partial charge in [0.05, 0.1) is 18.7 Å². The van der Waals surface area contributed by atoms with Crippen molar-refractivity contribution in [1.29, 1.82) is 0 Å². The monoisotopic (exact) mass is 504 g/mol. The molecular weight excluding hydrogens is 474 g/mol. The second-order valence-corrected chi connectivity index (χ2v) is 8.94. The number of aliphatic hydroxyl groups is 1. The van der Waals surface area contributed by atoms with Crippen LogP contribution in [0.4, 0.5) is 0 Å². The van der Waals surface area contributed by atoms with Gasteiger partial charge in [-0.1, -0.05) is 36.2 Å². The van der Waals surface area contributed by atoms with E-state index in [-0.39, 0.29) is 36.7 Å². The molecule has 35 heavy (non-hydrogen) atoms. The van der Waals surface area contributed by atoms with Crippen molar-refractivity contribution in [3.05, 3.63) is 58.6 Å². The highest BCUT2D eigenvalue weighted by molar-refractivity contribution is 6.30. The van der Waals surface area contributed by atoms with Crippen LogP contribution in [0.1, 0.15) is 55.8 Å². The van der Waals surface area contributed by atoms with Crippen LogP contribution in [0.25, 0.3) is 0 Å². The molecule has 3 atom stereocenters. The molecular formula is C26H31ClNO7-. The molecule has 2 N–H and O–H groups in total. The lowest BCUT2D eigenvalue weighted by Gasteiger charge is -2.31. The Morgan fingerprint density at radius 1 is 1.14 bits per heavy atom. The van der Waals surface area contributed by atoms with Gasteiger partial charge in [0.25, 0.3) is 0 Å². The number of carbonyl (C=O) groups excluding carboxylic acids is 2. The Bertz CT molecular complexity index is 999. The summed E-state index contributed by atoms with van der Waals surface area (Å²) in [6, 6.07) is 12.8. The Labute approximate surface area is 210 Å². The lowest BCUT2D eigenvalue weighted by Crippen LogP contribution is -2.36. The van der Waals surface area contributed by atoms with E-state index in [1.165, 1.54) is 0 Å². The summed E-state index contributed by atoms with van der Waals surface area (Å²) in [5, 5.41) is 25.4. The third-order valence-corrected chi connectivity index (χ3v) is 6.18. The molecule has 2 aromatic rings. The van der Waals surface area contributed by atoms with Crippen LogP contribution in [0.3, 0.4) is 0 Å². The Kier molecular flexibility index (Phi) is 10.2. The van der Waals surface area contributed by atoms with Crippen molar-refractivity contribution in [2.75, 3.05) is 26.4 Å². The summed E-state index contributed by atoms with van der Waals surface area (Å²) in [5.74, 6) is -1.15. The van der Waals surface area contributed by atoms with E-state index in [9.17, 15) is 19.8 Å². The van der Waals surface area contributed by atoms with Crippen molar-refractivity contribution in [3.8, 4) is 11.5 Å². The van der Waals surface area contributed by atoms with Crippen molar-refractivity contribution in [2.45, 2.75) is 50.7 Å². The predicted molar refractivity (Wildman–Crippen MR) is 128 cm³/mol. The molecule has 1 fully saturated rings. The average Bonchev–Trinajstić information content (AvgIpc) is 2.85. The first kappa shape index (κ1) is 26.8. The van der Waals surface area contributed by atoms with Crippen LogP contribution < -0.4 is 19.9 Å². The summed E-state index contributed by atoms with van der Waals surface area (Å²) in [6.07, 6.45) is 3.19. The molecule has 0 aliphatic heterocycles. The molecule has 0 radical (unpaired) electrons. The number of hydrogen-bond acceptors (Lipinski definition) is 8. The van der Waals surface area contributed by atoms with Crippen molar-refractivity contribution >= 4 is 23.5 Å². The maximum atomic E-state index is 11.7. The summed E-state index contributed by atoms with van der Waals surface area (Å²) in [6.45, 7) is 1.42. The Balaban J connectivity index is 1.65. The van der Waals surface area contributed by atoms with Crippen LogP contribution >= 0.6 is 11.6 Å². The molecule has 0 amide bonds. The molecule has 0 spiro atoms. The molecule has 8 nitrogen and oxygen atoms in total. The molecule has 0 aromatic heterocycles. The number of aliphatic carboxylic acids is 1. The zero-order chi connectivity index (χ0) is 25.2. The molecule has 0 heterocycles. The smallest absolute Gasteiger partial charge is 0.344 e. The van der Waals surface area contributed by atoms with Crippen LogP contribution in [0.2, 0.25) is 5.02 Å². The highest BCUT2D eigenvalue weighted by Crippen LogP contribution is 2.37. The van der Waals surface area contributed by atoms with E-state index in [0.29, 0.717) is 11.6 Å². The number of carboxylic acid groups (broad SMARTS) is 1. The van der Waals surface area contributed by atoms with Crippen LogP contribution in [0.5, 0.6) is 11.5 Å². The number of carbonyl (C=O) groups is 2. The van der Waals surface area contributed by atoms with Crippen molar-refractivity contribution in [1.82, 2.24) is 5.32 Å². The lowest BCUT2D eigenvalue weighted by molar-refractivity contribution is -0.307. The predicted octanol–water partition coefficient (Wildman–Crippen LogP) is 2.76. The molecule has 1 aliphatic rings. The minimum Gasteiger partial charge on any atom is -0.546 e. The van der Waals surface area contributed by atoms with Crippen LogP contribution in [-0.4, -0.2) is 49.5 Å². The number of esters is 1. The van der Waals surface area contributed by atoms with Gasteiger partial charge in [-0.3, -0.25) is 0 Å². The second kappa shape index (κ2) is 13.3. The molecule has 1 aliphatic carbocycles. The Morgan fingerprint density at radius 3 is 2.69 bits per heavy atom. The number of ether oxygens (including phenoxy) is 3. The number of halogens is 1. The van der Waals surface area contributed by atoms with E-state index in [0.717, 1.165) is 36.8 Å². The van der Waals surface area contributed by atoms with Gasteiger partial charge in [-0.05, 0) is 67.5 Å². The van der Waals surface area contributed by atoms with Gasteiger partial charge in [-0.25, -0.2) is 4.79 Å². The Morgan fingerprint density at radius 2 is 1.94 bits per heavy atom. The van der Waals surface area contributed by atoms with E-state index < -0.39 is 24.6 Å². The van der Waals surface area contributed by atoms with E-state index in [2.05, 4.69) is 5.32 Å². The summed E-state index contributed by atoms with van der Waals surface area (Å²) in [7, 11) is 0. The molecule has 0 bridgehead atoms. The van der Waals surface area contributed by atoms with Crippen LogP contribution in [0, 0.1) is 0 Å². The zero-order valence-electron chi connectivity index (χ0n) is 19.7. The molecule has 1 saturated carbocycles. The quantitative estimate of drug-likeness (QED) is 0.424. The lowest BCUT2D eigenvalue weighted by atomic mass is 9.81. The van der Waals surface area contributed by atoms with Gasteiger partial charge >= 0.3 is 5.97 Å². The molecule has 3 unspecified atom stereocenters. The maximum Gasteiger partial charge on any atom is 0.344 e. The minimum absolute atomic E-state index is 0.220. The fourth-order valence-corrected chi connectivity index (χ4v) is 4.47. The van der Waals surface area contributed by atoms with Crippen molar-refractivity contribution in [2.24, 2.45) is 0 Å². The third-order valence-electron chi connectivity index (χ3n) is 5.94. The number of carboxylic acids is 1. The number of hydrogen-bond donors (Lipinski definition) is 2. The summed E-state index contributed by atoms with van der Waals surface area (Å²) in [4.78, 5) is 22.6. The molecule has 3 rings (SSSR count). The van der Waals surface area contributed by atoms with Gasteiger partial charge in [0.1, 0.15) is 6.61 Å². The van der Waals surface area contributed by atoms with E-state index in [1.54, 1.807) is 31.2 Å².